The number of rotatable bonds is 6. The lowest BCUT2D eigenvalue weighted by molar-refractivity contribution is -0.127. The molecular weight excluding hydrogens is 744 g/mol. The Morgan fingerprint density at radius 1 is 1.09 bits per heavy atom. The third-order valence-corrected chi connectivity index (χ3v) is 16.5. The molecule has 7 atom stereocenters. The van der Waals surface area contributed by atoms with Crippen molar-refractivity contribution in [3.63, 3.8) is 0 Å². The number of aryl methyl sites for hydroxylation is 1. The van der Waals surface area contributed by atoms with Crippen LogP contribution in [-0.4, -0.2) is 115 Å². The number of halogens is 1. The molecule has 2 aliphatic carbocycles. The number of fused-ring (bicyclic) bond motifs is 4. The summed E-state index contributed by atoms with van der Waals surface area (Å²) >= 11 is 6.55. The number of anilines is 1. The van der Waals surface area contributed by atoms with Gasteiger partial charge in [0.05, 0.1) is 47.9 Å². The van der Waals surface area contributed by atoms with E-state index in [-0.39, 0.29) is 22.5 Å². The van der Waals surface area contributed by atoms with Crippen LogP contribution in [-0.2, 0) is 31.0 Å². The van der Waals surface area contributed by atoms with E-state index in [1.165, 1.54) is 11.1 Å². The van der Waals surface area contributed by atoms with Gasteiger partial charge in [-0.2, -0.15) is 0 Å². The van der Waals surface area contributed by atoms with Gasteiger partial charge in [-0.15, -0.1) is 0 Å². The minimum absolute atomic E-state index is 0.0260. The van der Waals surface area contributed by atoms with Crippen LogP contribution in [0.4, 0.5) is 5.69 Å². The van der Waals surface area contributed by atoms with Gasteiger partial charge in [0.25, 0.3) is 5.91 Å². The summed E-state index contributed by atoms with van der Waals surface area (Å²) in [7, 11) is -2.97. The van der Waals surface area contributed by atoms with Crippen molar-refractivity contribution >= 4 is 38.8 Å². The molecule has 56 heavy (non-hydrogen) atoms. The zero-order chi connectivity index (χ0) is 39.2. The van der Waals surface area contributed by atoms with Gasteiger partial charge < -0.3 is 19.1 Å². The molecule has 1 saturated carbocycles. The van der Waals surface area contributed by atoms with Crippen molar-refractivity contribution < 1.29 is 23.2 Å². The zero-order valence-electron chi connectivity index (χ0n) is 34.0. The molecule has 1 N–H and O–H groups in total. The average molecular weight is 808 g/mol. The number of carbonyl (C=O) groups is 1. The summed E-state index contributed by atoms with van der Waals surface area (Å²) in [6, 6.07) is 12.6. The van der Waals surface area contributed by atoms with E-state index >= 15 is 0 Å². The van der Waals surface area contributed by atoms with Crippen LogP contribution in [0.2, 0.25) is 5.02 Å². The predicted molar refractivity (Wildman–Crippen MR) is 228 cm³/mol. The summed E-state index contributed by atoms with van der Waals surface area (Å²) in [6.45, 7) is 18.1. The van der Waals surface area contributed by atoms with Gasteiger partial charge in [-0.05, 0) is 116 Å². The van der Waals surface area contributed by atoms with Crippen LogP contribution in [0, 0.1) is 23.7 Å². The Morgan fingerprint density at radius 3 is 2.61 bits per heavy atom. The molecule has 11 heteroatoms. The minimum atomic E-state index is -2.97. The lowest BCUT2D eigenvalue weighted by Crippen LogP contribution is -2.61. The first-order valence-electron chi connectivity index (χ1n) is 21.2. The quantitative estimate of drug-likeness (QED) is 0.258. The number of nitrogens with zero attached hydrogens (tertiary/aromatic N) is 3. The van der Waals surface area contributed by atoms with Gasteiger partial charge in [0.15, 0.2) is 0 Å². The first-order chi connectivity index (χ1) is 26.8. The van der Waals surface area contributed by atoms with Gasteiger partial charge in [-0.1, -0.05) is 50.6 Å². The highest BCUT2D eigenvalue weighted by Gasteiger charge is 2.50. The molecule has 1 unspecified atom stereocenters. The van der Waals surface area contributed by atoms with E-state index < -0.39 is 15.3 Å². The third-order valence-electron chi connectivity index (χ3n) is 14.1. The molecular formula is C45H63ClN4O5S. The van der Waals surface area contributed by atoms with Crippen molar-refractivity contribution in [1.82, 2.24) is 14.5 Å². The van der Waals surface area contributed by atoms with Crippen molar-refractivity contribution in [3.05, 3.63) is 70.3 Å². The van der Waals surface area contributed by atoms with Crippen LogP contribution < -0.4 is 14.4 Å². The molecule has 2 aromatic rings. The molecule has 0 aromatic heterocycles. The van der Waals surface area contributed by atoms with E-state index in [0.29, 0.717) is 42.6 Å². The van der Waals surface area contributed by atoms with Gasteiger partial charge >= 0.3 is 0 Å². The molecule has 4 heterocycles. The third kappa shape index (κ3) is 8.04. The Balaban J connectivity index is 1.19. The van der Waals surface area contributed by atoms with Crippen LogP contribution in [0.15, 0.2) is 48.6 Å². The van der Waals surface area contributed by atoms with Gasteiger partial charge in [0, 0.05) is 67.1 Å². The predicted octanol–water partition coefficient (Wildman–Crippen LogP) is 6.61. The Bertz CT molecular complexity index is 1890. The zero-order valence-corrected chi connectivity index (χ0v) is 35.6. The number of piperazine rings is 1. The van der Waals surface area contributed by atoms with E-state index in [1.54, 1.807) is 0 Å². The SMILES string of the molecule is C=S1(=O)NC(=O)c2ccc3c(c2)N(C[C@@H]2CC[C@H]2[C@@](CN2CCN(C4COC4)CC2)(OCC(C)C)/C=C/C[C@H](C)[C@H]1C)C[C@@]1(CCCc2cc(Cl)ccc21)CO3. The molecule has 6 aliphatic rings. The van der Waals surface area contributed by atoms with Crippen molar-refractivity contribution in [2.45, 2.75) is 88.5 Å². The molecule has 3 fully saturated rings. The van der Waals surface area contributed by atoms with E-state index in [9.17, 15) is 9.00 Å². The average Bonchev–Trinajstić information content (AvgIpc) is 3.28. The number of nitrogens with one attached hydrogen (secondary N) is 1. The molecule has 2 aromatic carbocycles. The number of carbonyl (C=O) groups excluding carboxylic acids is 1. The second kappa shape index (κ2) is 16.2. The molecule has 9 nitrogen and oxygen atoms in total. The van der Waals surface area contributed by atoms with Crippen molar-refractivity contribution in [3.8, 4) is 5.75 Å². The van der Waals surface area contributed by atoms with Gasteiger partial charge in [0.1, 0.15) is 11.4 Å². The molecule has 0 radical (unpaired) electrons. The monoisotopic (exact) mass is 806 g/mol. The van der Waals surface area contributed by atoms with Crippen molar-refractivity contribution in [2.75, 3.05) is 77.1 Å². The molecule has 2 bridgehead atoms. The second-order valence-corrected chi connectivity index (χ2v) is 21.2. The highest BCUT2D eigenvalue weighted by atomic mass is 35.5. The fourth-order valence-electron chi connectivity index (χ4n) is 10.2. The molecule has 1 spiro atoms. The summed E-state index contributed by atoms with van der Waals surface area (Å²) in [4.78, 5) is 21.7. The molecule has 2 saturated heterocycles. The van der Waals surface area contributed by atoms with Gasteiger partial charge in [-0.25, -0.2) is 4.21 Å². The van der Waals surface area contributed by atoms with Gasteiger partial charge in [-0.3, -0.25) is 19.3 Å². The number of allylic oxidation sites excluding steroid dienone is 1. The number of amides is 1. The molecule has 306 valence electrons. The minimum Gasteiger partial charge on any atom is -0.490 e. The maximum atomic E-state index is 14.2. The smallest absolute Gasteiger partial charge is 0.262 e. The summed E-state index contributed by atoms with van der Waals surface area (Å²) in [5.41, 5.74) is 3.31. The number of benzene rings is 2. The lowest BCUT2D eigenvalue weighted by atomic mass is 9.63. The van der Waals surface area contributed by atoms with Crippen LogP contribution in [0.25, 0.3) is 0 Å². The number of ether oxygens (including phenoxy) is 3. The van der Waals surface area contributed by atoms with E-state index in [0.717, 1.165) is 114 Å². The first-order valence-corrected chi connectivity index (χ1v) is 23.4. The largest absolute Gasteiger partial charge is 0.490 e. The number of hydrogen-bond donors (Lipinski definition) is 1. The Labute approximate surface area is 340 Å². The van der Waals surface area contributed by atoms with Crippen molar-refractivity contribution in [1.29, 1.82) is 0 Å². The highest BCUT2D eigenvalue weighted by molar-refractivity contribution is 7.99. The summed E-state index contributed by atoms with van der Waals surface area (Å²) < 4.78 is 36.7. The van der Waals surface area contributed by atoms with Crippen molar-refractivity contribution in [2.24, 2.45) is 23.7 Å². The Kier molecular flexibility index (Phi) is 11.6. The fourth-order valence-corrected chi connectivity index (χ4v) is 11.9. The maximum absolute atomic E-state index is 14.2. The Hall–Kier alpha value is -2.60. The Morgan fingerprint density at radius 2 is 1.89 bits per heavy atom. The normalized spacial score (nSPS) is 35.0. The van der Waals surface area contributed by atoms with E-state index in [1.807, 2.05) is 31.2 Å². The lowest BCUT2D eigenvalue weighted by Gasteiger charge is -2.53. The first kappa shape index (κ1) is 40.2. The van der Waals surface area contributed by atoms with Gasteiger partial charge in [0.2, 0.25) is 0 Å². The number of hydrogen-bond acceptors (Lipinski definition) is 8. The van der Waals surface area contributed by atoms with Crippen LogP contribution in [0.3, 0.4) is 0 Å². The highest BCUT2D eigenvalue weighted by Crippen LogP contribution is 2.49. The van der Waals surface area contributed by atoms with E-state index in [4.69, 9.17) is 25.8 Å². The van der Waals surface area contributed by atoms with Crippen LogP contribution in [0.1, 0.15) is 81.3 Å². The summed E-state index contributed by atoms with van der Waals surface area (Å²) in [6.07, 6.45) is 10.7. The van der Waals surface area contributed by atoms with Crippen LogP contribution in [0.5, 0.6) is 5.75 Å². The standard InChI is InChI=1S/C45H63ClN4O5S/c1-31(2)25-55-45(29-48-18-20-49(21-19-48)38-26-53-27-38)17-6-8-32(3)33(4)56(5,52)47-43(51)35-11-15-42-41(23-35)50(24-36-10-13-40(36)45)28-44(30-54-42)16-7-9-34-22-37(46)12-14-39(34)44/h6,11-12,14-15,17,22-23,31-33,36,38,40H,5,7-10,13,16,18-21,24-30H2,1-4H3,(H,47,51,52)/b17-6+/t32-,33+,36-,40+,44-,45+,56?/m0/s1. The molecule has 1 amide bonds. The fraction of sp³-hybridized carbons (Fsp3) is 0.644. The topological polar surface area (TPSA) is 83.6 Å². The molecule has 8 rings (SSSR count). The van der Waals surface area contributed by atoms with Crippen LogP contribution >= 0.6 is 11.6 Å². The van der Waals surface area contributed by atoms with E-state index in [2.05, 4.69) is 70.3 Å². The summed E-state index contributed by atoms with van der Waals surface area (Å²) in [5.74, 6) is 5.63. The molecule has 4 aliphatic heterocycles. The maximum Gasteiger partial charge on any atom is 0.262 e. The summed E-state index contributed by atoms with van der Waals surface area (Å²) in [5, 5.41) is 0.432. The second-order valence-electron chi connectivity index (χ2n) is 18.4.